The Bertz CT molecular complexity index is 910. The van der Waals surface area contributed by atoms with Gasteiger partial charge in [0.15, 0.2) is 17.3 Å². The number of hydrogen-bond acceptors (Lipinski definition) is 6. The minimum Gasteiger partial charge on any atom is -0.504 e. The maximum atomic E-state index is 13.2. The average Bonchev–Trinajstić information content (AvgIpc) is 2.64. The molecule has 1 heterocycles. The molecule has 0 aromatic heterocycles. The van der Waals surface area contributed by atoms with Crippen molar-refractivity contribution in [3.05, 3.63) is 46.3 Å². The van der Waals surface area contributed by atoms with E-state index in [1.165, 1.54) is 13.2 Å². The molecular formula is C23H29NO5. The first-order valence-corrected chi connectivity index (χ1v) is 9.96. The Labute approximate surface area is 171 Å². The first kappa shape index (κ1) is 21.0. The zero-order valence-corrected chi connectivity index (χ0v) is 17.7. The summed E-state index contributed by atoms with van der Waals surface area (Å²) in [5.74, 6) is -0.669. The fraction of sp³-hybridized carbons (Fsp3) is 0.478. The van der Waals surface area contributed by atoms with Crippen molar-refractivity contribution < 1.29 is 24.2 Å². The second kappa shape index (κ2) is 7.93. The van der Waals surface area contributed by atoms with E-state index in [-0.39, 0.29) is 16.9 Å². The Balaban J connectivity index is 2.17. The third kappa shape index (κ3) is 4.02. The van der Waals surface area contributed by atoms with Gasteiger partial charge in [-0.3, -0.25) is 4.79 Å². The highest BCUT2D eigenvalue weighted by atomic mass is 16.5. The topological polar surface area (TPSA) is 84.9 Å². The van der Waals surface area contributed by atoms with Crippen LogP contribution in [0.2, 0.25) is 0 Å². The normalized spacial score (nSPS) is 20.9. The quantitative estimate of drug-likeness (QED) is 0.729. The zero-order valence-electron chi connectivity index (χ0n) is 17.7. The minimum absolute atomic E-state index is 0.00584. The van der Waals surface area contributed by atoms with Crippen LogP contribution in [0.1, 0.15) is 58.4 Å². The number of benzene rings is 1. The number of dihydropyridines is 1. The number of allylic oxidation sites excluding steroid dienone is 3. The molecule has 1 unspecified atom stereocenters. The van der Waals surface area contributed by atoms with Crippen LogP contribution in [-0.4, -0.2) is 30.6 Å². The van der Waals surface area contributed by atoms with Crippen molar-refractivity contribution in [2.75, 3.05) is 13.7 Å². The van der Waals surface area contributed by atoms with E-state index in [2.05, 4.69) is 19.2 Å². The molecule has 2 N–H and O–H groups in total. The van der Waals surface area contributed by atoms with E-state index in [9.17, 15) is 14.7 Å². The van der Waals surface area contributed by atoms with Crippen LogP contribution >= 0.6 is 0 Å². The summed E-state index contributed by atoms with van der Waals surface area (Å²) in [6.07, 6.45) is 1.84. The van der Waals surface area contributed by atoms with Gasteiger partial charge in [0, 0.05) is 29.3 Å². The lowest BCUT2D eigenvalue weighted by Crippen LogP contribution is -2.38. The van der Waals surface area contributed by atoms with Crippen molar-refractivity contribution in [3.63, 3.8) is 0 Å². The number of carbonyl (C=O) groups excluding carboxylic acids is 2. The summed E-state index contributed by atoms with van der Waals surface area (Å²) in [6.45, 7) is 8.22. The molecule has 0 spiro atoms. The molecule has 1 aromatic carbocycles. The maximum Gasteiger partial charge on any atom is 0.336 e. The molecule has 156 valence electrons. The Kier molecular flexibility index (Phi) is 5.73. The second-order valence-corrected chi connectivity index (χ2v) is 8.50. The number of aromatic hydroxyl groups is 1. The van der Waals surface area contributed by atoms with Crippen molar-refractivity contribution in [3.8, 4) is 11.5 Å². The Hall–Kier alpha value is -2.76. The first-order chi connectivity index (χ1) is 13.7. The average molecular weight is 399 g/mol. The summed E-state index contributed by atoms with van der Waals surface area (Å²) in [4.78, 5) is 26.1. The number of phenols is 1. The molecule has 6 heteroatoms. The van der Waals surface area contributed by atoms with Crippen LogP contribution in [0.15, 0.2) is 40.7 Å². The van der Waals surface area contributed by atoms with E-state index in [4.69, 9.17) is 9.47 Å². The minimum atomic E-state index is -0.561. The van der Waals surface area contributed by atoms with Crippen LogP contribution in [0.4, 0.5) is 0 Å². The molecule has 0 fully saturated rings. The van der Waals surface area contributed by atoms with Crippen LogP contribution in [-0.2, 0) is 14.3 Å². The van der Waals surface area contributed by atoms with Crippen LogP contribution < -0.4 is 10.1 Å². The van der Waals surface area contributed by atoms with Gasteiger partial charge in [-0.05, 0) is 42.9 Å². The van der Waals surface area contributed by atoms with Crippen molar-refractivity contribution in [2.24, 2.45) is 5.41 Å². The number of Topliss-reactive ketones (excluding diaryl/α,β-unsaturated/α-hetero) is 1. The fourth-order valence-corrected chi connectivity index (χ4v) is 4.19. The molecular weight excluding hydrogens is 370 g/mol. The molecule has 1 atom stereocenters. The number of phenolic OH excluding ortho intramolecular Hbond substituents is 1. The summed E-state index contributed by atoms with van der Waals surface area (Å²) in [6, 6.07) is 4.94. The van der Waals surface area contributed by atoms with Gasteiger partial charge in [-0.2, -0.15) is 0 Å². The largest absolute Gasteiger partial charge is 0.504 e. The van der Waals surface area contributed by atoms with Crippen LogP contribution in [0, 0.1) is 5.41 Å². The summed E-state index contributed by atoms with van der Waals surface area (Å²) in [5, 5.41) is 13.3. The SMILES string of the molecule is CCCOC(=O)C1=C(C)NC2=C(C(=O)CC(C)(C)C2)C1c1ccc(O)c(OC)c1. The third-order valence-corrected chi connectivity index (χ3v) is 5.43. The number of carbonyl (C=O) groups is 2. The van der Waals surface area contributed by atoms with Gasteiger partial charge in [0.05, 0.1) is 19.3 Å². The summed E-state index contributed by atoms with van der Waals surface area (Å²) in [5.41, 5.74) is 3.13. The van der Waals surface area contributed by atoms with E-state index in [0.29, 0.717) is 54.0 Å². The zero-order chi connectivity index (χ0) is 21.3. The smallest absolute Gasteiger partial charge is 0.336 e. The second-order valence-electron chi connectivity index (χ2n) is 8.50. The van der Waals surface area contributed by atoms with Gasteiger partial charge in [0.1, 0.15) is 0 Å². The molecule has 29 heavy (non-hydrogen) atoms. The van der Waals surface area contributed by atoms with Crippen LogP contribution in [0.5, 0.6) is 11.5 Å². The van der Waals surface area contributed by atoms with Crippen LogP contribution in [0.3, 0.4) is 0 Å². The molecule has 0 amide bonds. The third-order valence-electron chi connectivity index (χ3n) is 5.43. The monoisotopic (exact) mass is 399 g/mol. The van der Waals surface area contributed by atoms with Gasteiger partial charge in [-0.1, -0.05) is 26.8 Å². The lowest BCUT2D eigenvalue weighted by Gasteiger charge is -2.39. The van der Waals surface area contributed by atoms with Gasteiger partial charge in [0.25, 0.3) is 0 Å². The molecule has 3 rings (SSSR count). The van der Waals surface area contributed by atoms with E-state index < -0.39 is 11.9 Å². The first-order valence-electron chi connectivity index (χ1n) is 9.96. The predicted molar refractivity (Wildman–Crippen MR) is 110 cm³/mol. The number of ketones is 1. The lowest BCUT2D eigenvalue weighted by molar-refractivity contribution is -0.139. The van der Waals surface area contributed by atoms with Gasteiger partial charge in [0.2, 0.25) is 0 Å². The van der Waals surface area contributed by atoms with E-state index in [1.807, 2.05) is 13.8 Å². The molecule has 1 aliphatic heterocycles. The van der Waals surface area contributed by atoms with Crippen molar-refractivity contribution >= 4 is 11.8 Å². The number of esters is 1. The van der Waals surface area contributed by atoms with Crippen molar-refractivity contribution in [2.45, 2.75) is 52.9 Å². The van der Waals surface area contributed by atoms with Crippen molar-refractivity contribution in [1.29, 1.82) is 0 Å². The standard InChI is InChI=1S/C23H29NO5/c1-6-9-29-22(27)19-13(2)24-15-11-23(3,4)12-17(26)21(15)20(19)14-7-8-16(25)18(10-14)28-5/h7-8,10,20,24-25H,6,9,11-12H2,1-5H3. The Morgan fingerprint density at radius 1 is 1.31 bits per heavy atom. The maximum absolute atomic E-state index is 13.2. The highest BCUT2D eigenvalue weighted by Gasteiger charge is 2.43. The molecule has 0 saturated heterocycles. The lowest BCUT2D eigenvalue weighted by atomic mass is 9.68. The molecule has 0 radical (unpaired) electrons. The van der Waals surface area contributed by atoms with E-state index in [1.54, 1.807) is 12.1 Å². The highest BCUT2D eigenvalue weighted by Crippen LogP contribution is 2.47. The number of rotatable bonds is 5. The predicted octanol–water partition coefficient (Wildman–Crippen LogP) is 3.96. The number of ether oxygens (including phenoxy) is 2. The summed E-state index contributed by atoms with van der Waals surface area (Å²) >= 11 is 0. The molecule has 2 aliphatic rings. The molecule has 1 aromatic rings. The Morgan fingerprint density at radius 2 is 2.03 bits per heavy atom. The molecule has 1 aliphatic carbocycles. The van der Waals surface area contributed by atoms with Gasteiger partial charge >= 0.3 is 5.97 Å². The van der Waals surface area contributed by atoms with E-state index in [0.717, 1.165) is 5.70 Å². The van der Waals surface area contributed by atoms with E-state index >= 15 is 0 Å². The highest BCUT2D eigenvalue weighted by molar-refractivity contribution is 6.04. The number of methoxy groups -OCH3 is 1. The molecule has 0 bridgehead atoms. The number of nitrogens with one attached hydrogen (secondary N) is 1. The van der Waals surface area contributed by atoms with Crippen LogP contribution in [0.25, 0.3) is 0 Å². The van der Waals surface area contributed by atoms with Gasteiger partial charge < -0.3 is 19.9 Å². The summed E-state index contributed by atoms with van der Waals surface area (Å²) < 4.78 is 10.7. The van der Waals surface area contributed by atoms with Gasteiger partial charge in [-0.25, -0.2) is 4.79 Å². The molecule has 0 saturated carbocycles. The van der Waals surface area contributed by atoms with Gasteiger partial charge in [-0.15, -0.1) is 0 Å². The Morgan fingerprint density at radius 3 is 2.69 bits per heavy atom. The fourth-order valence-electron chi connectivity index (χ4n) is 4.19. The summed E-state index contributed by atoms with van der Waals surface area (Å²) in [7, 11) is 1.47. The van der Waals surface area contributed by atoms with Crippen molar-refractivity contribution in [1.82, 2.24) is 5.32 Å². The number of hydrogen-bond donors (Lipinski definition) is 2. The molecule has 6 nitrogen and oxygen atoms in total.